The van der Waals surface area contributed by atoms with E-state index in [9.17, 15) is 14.7 Å². The van der Waals surface area contributed by atoms with Crippen molar-refractivity contribution in [3.8, 4) is 10.6 Å². The van der Waals surface area contributed by atoms with Gasteiger partial charge < -0.3 is 20.1 Å². The van der Waals surface area contributed by atoms with Gasteiger partial charge in [-0.3, -0.25) is 9.59 Å². The molecule has 3 aromatic rings. The molecule has 0 aliphatic heterocycles. The van der Waals surface area contributed by atoms with E-state index in [1.165, 1.54) is 11.3 Å². The van der Waals surface area contributed by atoms with Crippen LogP contribution in [0.4, 0.5) is 5.82 Å². The smallest absolute Gasteiger partial charge is 0.280 e. The van der Waals surface area contributed by atoms with Crippen molar-refractivity contribution in [3.05, 3.63) is 29.8 Å². The number of fused-ring (bicyclic) bond motifs is 1. The van der Waals surface area contributed by atoms with Crippen LogP contribution in [0, 0.1) is 5.92 Å². The maximum absolute atomic E-state index is 12.4. The normalized spacial score (nSPS) is 21.4. The summed E-state index contributed by atoms with van der Waals surface area (Å²) >= 11 is 1.25. The Labute approximate surface area is 170 Å². The number of amides is 2. The molecule has 0 radical (unpaired) electrons. The number of nitrogens with one attached hydrogen (secondary N) is 2. The summed E-state index contributed by atoms with van der Waals surface area (Å²) in [7, 11) is 0. The molecule has 2 unspecified atom stereocenters. The van der Waals surface area contributed by atoms with Gasteiger partial charge in [0.25, 0.3) is 5.91 Å². The summed E-state index contributed by atoms with van der Waals surface area (Å²) in [6.45, 7) is 0. The van der Waals surface area contributed by atoms with Crippen molar-refractivity contribution in [1.29, 1.82) is 0 Å². The third-order valence-electron chi connectivity index (χ3n) is 5.29. The Morgan fingerprint density at radius 2 is 2.00 bits per heavy atom. The Morgan fingerprint density at radius 1 is 1.14 bits per heavy atom. The van der Waals surface area contributed by atoms with Crippen molar-refractivity contribution in [3.63, 3.8) is 0 Å². The van der Waals surface area contributed by atoms with Crippen LogP contribution >= 0.6 is 11.3 Å². The quantitative estimate of drug-likeness (QED) is 0.588. The van der Waals surface area contributed by atoms with Gasteiger partial charge in [0.1, 0.15) is 0 Å². The molecule has 0 spiro atoms. The highest BCUT2D eigenvalue weighted by molar-refractivity contribution is 7.16. The van der Waals surface area contributed by atoms with Crippen molar-refractivity contribution in [1.82, 2.24) is 24.7 Å². The highest BCUT2D eigenvalue weighted by Crippen LogP contribution is 2.30. The fourth-order valence-electron chi connectivity index (χ4n) is 3.50. The third kappa shape index (κ3) is 3.73. The van der Waals surface area contributed by atoms with Gasteiger partial charge in [-0.05, 0) is 32.1 Å². The number of aliphatic hydroxyl groups is 1. The number of aliphatic hydroxyl groups excluding tert-OH is 1. The average Bonchev–Trinajstić information content (AvgIpc) is 3.10. The topological polar surface area (TPSA) is 122 Å². The minimum atomic E-state index is -0.488. The van der Waals surface area contributed by atoms with E-state index in [1.807, 2.05) is 0 Å². The van der Waals surface area contributed by atoms with Gasteiger partial charge in [0, 0.05) is 18.3 Å². The van der Waals surface area contributed by atoms with Gasteiger partial charge in [-0.2, -0.15) is 0 Å². The minimum Gasteiger partial charge on any atom is -0.391 e. The first-order valence-corrected chi connectivity index (χ1v) is 10.5. The number of nitrogens with zero attached hydrogens (tertiary/aromatic N) is 4. The molecule has 3 aromatic heterocycles. The van der Waals surface area contributed by atoms with Gasteiger partial charge in [-0.1, -0.05) is 0 Å². The molecule has 150 valence electrons. The molecule has 2 aliphatic rings. The van der Waals surface area contributed by atoms with Crippen LogP contribution in [-0.4, -0.2) is 48.4 Å². The summed E-state index contributed by atoms with van der Waals surface area (Å²) in [6.07, 6.45) is 10.6. The zero-order valence-corrected chi connectivity index (χ0v) is 16.4. The predicted octanol–water partition coefficient (Wildman–Crippen LogP) is 1.84. The number of thiazole rings is 1. The van der Waals surface area contributed by atoms with Crippen LogP contribution in [0.3, 0.4) is 0 Å². The van der Waals surface area contributed by atoms with E-state index in [4.69, 9.17) is 0 Å². The summed E-state index contributed by atoms with van der Waals surface area (Å²) in [5.74, 6) is 0.342. The van der Waals surface area contributed by atoms with E-state index in [-0.39, 0.29) is 23.8 Å². The van der Waals surface area contributed by atoms with Crippen molar-refractivity contribution in [2.45, 2.75) is 44.2 Å². The number of anilines is 1. The summed E-state index contributed by atoms with van der Waals surface area (Å²) in [5, 5.41) is 15.9. The second-order valence-corrected chi connectivity index (χ2v) is 8.57. The lowest BCUT2D eigenvalue weighted by Crippen LogP contribution is -2.39. The second kappa shape index (κ2) is 7.20. The fraction of sp³-hybridized carbons (Fsp3) is 0.421. The number of hydrogen-bond acceptors (Lipinski definition) is 7. The molecule has 29 heavy (non-hydrogen) atoms. The van der Waals surface area contributed by atoms with Crippen LogP contribution < -0.4 is 10.6 Å². The lowest BCUT2D eigenvalue weighted by atomic mass is 10.2. The monoisotopic (exact) mass is 412 g/mol. The van der Waals surface area contributed by atoms with Gasteiger partial charge in [0.2, 0.25) is 5.91 Å². The highest BCUT2D eigenvalue weighted by atomic mass is 32.1. The van der Waals surface area contributed by atoms with E-state index in [0.29, 0.717) is 28.6 Å². The van der Waals surface area contributed by atoms with Crippen LogP contribution in [0.1, 0.15) is 41.9 Å². The summed E-state index contributed by atoms with van der Waals surface area (Å²) in [4.78, 5) is 38.1. The Kier molecular flexibility index (Phi) is 4.51. The van der Waals surface area contributed by atoms with E-state index in [2.05, 4.69) is 25.6 Å². The van der Waals surface area contributed by atoms with Gasteiger partial charge in [0.05, 0.1) is 35.1 Å². The number of rotatable bonds is 5. The highest BCUT2D eigenvalue weighted by Gasteiger charge is 2.30. The Morgan fingerprint density at radius 3 is 2.76 bits per heavy atom. The van der Waals surface area contributed by atoms with Crippen LogP contribution in [0.25, 0.3) is 16.2 Å². The van der Waals surface area contributed by atoms with E-state index in [1.54, 1.807) is 29.2 Å². The zero-order valence-electron chi connectivity index (χ0n) is 15.5. The van der Waals surface area contributed by atoms with E-state index in [0.717, 1.165) is 30.6 Å². The second-order valence-electron chi connectivity index (χ2n) is 7.54. The first-order valence-electron chi connectivity index (χ1n) is 9.67. The first-order chi connectivity index (χ1) is 14.1. The van der Waals surface area contributed by atoms with Crippen LogP contribution in [0.5, 0.6) is 0 Å². The van der Waals surface area contributed by atoms with Crippen molar-refractivity contribution in [2.75, 3.05) is 5.32 Å². The van der Waals surface area contributed by atoms with Gasteiger partial charge >= 0.3 is 0 Å². The largest absolute Gasteiger partial charge is 0.391 e. The molecule has 0 aromatic carbocycles. The standard InChI is InChI=1S/C19H20N6O3S/c26-13-3-1-2-11(13)22-18(28)19-21-6-14(29-19)12-8-25-9-15(23-16(25)7-20-12)24-17(27)10-4-5-10/h6-11,13,26H,1-5H2,(H,22,28)(H,24,27). The van der Waals surface area contributed by atoms with Gasteiger partial charge in [0.15, 0.2) is 16.5 Å². The summed E-state index contributed by atoms with van der Waals surface area (Å²) in [5.41, 5.74) is 1.28. The molecule has 2 atom stereocenters. The minimum absolute atomic E-state index is 0.00656. The lowest BCUT2D eigenvalue weighted by Gasteiger charge is -2.15. The first kappa shape index (κ1) is 18.2. The average molecular weight is 412 g/mol. The maximum Gasteiger partial charge on any atom is 0.280 e. The Bertz CT molecular complexity index is 1090. The van der Waals surface area contributed by atoms with Crippen molar-refractivity contribution in [2.24, 2.45) is 5.92 Å². The number of carbonyl (C=O) groups is 2. The van der Waals surface area contributed by atoms with Crippen LogP contribution in [0.15, 0.2) is 24.8 Å². The number of aromatic nitrogens is 4. The predicted molar refractivity (Wildman–Crippen MR) is 107 cm³/mol. The molecule has 2 aliphatic carbocycles. The molecule has 2 amide bonds. The third-order valence-corrected chi connectivity index (χ3v) is 6.31. The zero-order chi connectivity index (χ0) is 20.0. The molecular formula is C19H20N6O3S. The SMILES string of the molecule is O=C(NC1CCCC1O)c1ncc(-c2cn3cc(NC(=O)C4CC4)nc3cn2)s1. The van der Waals surface area contributed by atoms with E-state index < -0.39 is 6.10 Å². The molecule has 0 bridgehead atoms. The molecule has 5 rings (SSSR count). The summed E-state index contributed by atoms with van der Waals surface area (Å²) < 4.78 is 1.79. The number of hydrogen-bond donors (Lipinski definition) is 3. The summed E-state index contributed by atoms with van der Waals surface area (Å²) in [6, 6.07) is -0.209. The number of carbonyl (C=O) groups excluding carboxylic acids is 2. The fourth-order valence-corrected chi connectivity index (χ4v) is 4.28. The maximum atomic E-state index is 12.4. The lowest BCUT2D eigenvalue weighted by molar-refractivity contribution is -0.117. The molecule has 2 saturated carbocycles. The molecule has 2 fully saturated rings. The molecule has 0 saturated heterocycles. The molecule has 3 heterocycles. The Balaban J connectivity index is 1.32. The van der Waals surface area contributed by atoms with Crippen molar-refractivity contribution >= 4 is 34.6 Å². The van der Waals surface area contributed by atoms with Crippen molar-refractivity contribution < 1.29 is 14.7 Å². The molecular weight excluding hydrogens is 392 g/mol. The molecule has 10 heteroatoms. The van der Waals surface area contributed by atoms with Gasteiger partial charge in [-0.25, -0.2) is 15.0 Å². The molecule has 3 N–H and O–H groups in total. The molecule has 9 nitrogen and oxygen atoms in total. The van der Waals surface area contributed by atoms with Crippen LogP contribution in [-0.2, 0) is 4.79 Å². The van der Waals surface area contributed by atoms with Gasteiger partial charge in [-0.15, -0.1) is 11.3 Å². The Hall–Kier alpha value is -2.85. The number of imidazole rings is 1. The van der Waals surface area contributed by atoms with E-state index >= 15 is 0 Å². The van der Waals surface area contributed by atoms with Crippen LogP contribution in [0.2, 0.25) is 0 Å².